The van der Waals surface area contributed by atoms with Crippen molar-refractivity contribution in [2.45, 2.75) is 39.8 Å². The number of hydrogen-bond donors (Lipinski definition) is 1. The van der Waals surface area contributed by atoms with Gasteiger partial charge in [-0.2, -0.15) is 0 Å². The summed E-state index contributed by atoms with van der Waals surface area (Å²) in [7, 11) is 0. The number of hydrogen-bond acceptors (Lipinski definition) is 5. The Morgan fingerprint density at radius 3 is 2.76 bits per heavy atom. The molecule has 3 rings (SSSR count). The second-order valence-electron chi connectivity index (χ2n) is 6.61. The number of rotatable bonds is 5. The highest BCUT2D eigenvalue weighted by atomic mass is 16.5. The zero-order valence-electron chi connectivity index (χ0n) is 15.0. The average molecular weight is 343 g/mol. The smallest absolute Gasteiger partial charge is 0.227 e. The molecule has 0 radical (unpaired) electrons. The maximum atomic E-state index is 12.4. The van der Waals surface area contributed by atoms with Gasteiger partial charge in [-0.05, 0) is 38.5 Å². The third-order valence-electron chi connectivity index (χ3n) is 4.56. The van der Waals surface area contributed by atoms with Crippen LogP contribution in [0.3, 0.4) is 0 Å². The number of nitrogens with one attached hydrogen (secondary N) is 1. The summed E-state index contributed by atoms with van der Waals surface area (Å²) in [6.07, 6.45) is 0.427. The first-order valence-corrected chi connectivity index (χ1v) is 8.67. The molecule has 1 atom stereocenters. The molecule has 1 N–H and O–H groups in total. The highest BCUT2D eigenvalue weighted by Gasteiger charge is 2.20. The predicted octanol–water partition coefficient (Wildman–Crippen LogP) is 2.23. The summed E-state index contributed by atoms with van der Waals surface area (Å²) in [5.74, 6) is 1.73. The molecule has 134 valence electrons. The molecule has 1 aliphatic rings. The number of aryl methyl sites for hydroxylation is 2. The molecule has 1 fully saturated rings. The van der Waals surface area contributed by atoms with Crippen molar-refractivity contribution in [3.05, 3.63) is 46.8 Å². The molecule has 2 heterocycles. The largest absolute Gasteiger partial charge is 0.489 e. The molecule has 0 saturated carbocycles. The molecular formula is C19H25N3O3. The summed E-state index contributed by atoms with van der Waals surface area (Å²) >= 11 is 0. The first-order valence-electron chi connectivity index (χ1n) is 8.67. The average Bonchev–Trinajstić information content (AvgIpc) is 2.92. The Hall–Kier alpha value is -2.34. The van der Waals surface area contributed by atoms with E-state index in [1.54, 1.807) is 0 Å². The summed E-state index contributed by atoms with van der Waals surface area (Å²) in [6, 6.07) is 8.07. The number of carbonyl (C=O) groups excluding carboxylic acids is 1. The molecular weight excluding hydrogens is 318 g/mol. The number of piperazine rings is 1. The first-order chi connectivity index (χ1) is 12.0. The fourth-order valence-corrected chi connectivity index (χ4v) is 3.01. The van der Waals surface area contributed by atoms with Gasteiger partial charge in [0.05, 0.1) is 17.7 Å². The third-order valence-corrected chi connectivity index (χ3v) is 4.56. The van der Waals surface area contributed by atoms with Crippen molar-refractivity contribution in [3.8, 4) is 5.75 Å². The lowest BCUT2D eigenvalue weighted by atomic mass is 10.1. The van der Waals surface area contributed by atoms with Crippen molar-refractivity contribution in [2.75, 3.05) is 19.6 Å². The van der Waals surface area contributed by atoms with Gasteiger partial charge in [-0.15, -0.1) is 0 Å². The number of nitrogens with zero attached hydrogens (tertiary/aromatic N) is 2. The normalized spacial score (nSPS) is 17.6. The summed E-state index contributed by atoms with van der Waals surface area (Å²) in [5, 5.41) is 7.27. The fraction of sp³-hybridized carbons (Fsp3) is 0.474. The SMILES string of the molecule is Cc1noc(C)c1COc1ccc(CC(=O)N2CCNC(C)C2)cc1. The van der Waals surface area contributed by atoms with Crippen LogP contribution in [0.1, 0.15) is 29.5 Å². The Balaban J connectivity index is 1.54. The van der Waals surface area contributed by atoms with Crippen molar-refractivity contribution in [3.63, 3.8) is 0 Å². The fourth-order valence-electron chi connectivity index (χ4n) is 3.01. The Kier molecular flexibility index (Phi) is 5.38. The van der Waals surface area contributed by atoms with Crippen molar-refractivity contribution in [2.24, 2.45) is 0 Å². The van der Waals surface area contributed by atoms with Gasteiger partial charge in [0.1, 0.15) is 18.1 Å². The molecule has 1 aromatic carbocycles. The quantitative estimate of drug-likeness (QED) is 0.902. The Morgan fingerprint density at radius 1 is 1.36 bits per heavy atom. The van der Waals surface area contributed by atoms with Crippen LogP contribution in [0.25, 0.3) is 0 Å². The van der Waals surface area contributed by atoms with Gasteiger partial charge in [0.2, 0.25) is 5.91 Å². The van der Waals surface area contributed by atoms with Crippen molar-refractivity contribution >= 4 is 5.91 Å². The molecule has 1 amide bonds. The number of carbonyl (C=O) groups is 1. The summed E-state index contributed by atoms with van der Waals surface area (Å²) in [6.45, 7) is 8.73. The number of ether oxygens (including phenoxy) is 1. The van der Waals surface area contributed by atoms with Crippen LogP contribution in [0, 0.1) is 13.8 Å². The van der Waals surface area contributed by atoms with Crippen LogP contribution in [0.15, 0.2) is 28.8 Å². The molecule has 1 unspecified atom stereocenters. The van der Waals surface area contributed by atoms with Crippen LogP contribution in [-0.2, 0) is 17.8 Å². The van der Waals surface area contributed by atoms with Crippen LogP contribution < -0.4 is 10.1 Å². The van der Waals surface area contributed by atoms with Crippen molar-refractivity contribution < 1.29 is 14.1 Å². The number of amides is 1. The van der Waals surface area contributed by atoms with Gasteiger partial charge in [-0.3, -0.25) is 4.79 Å². The van der Waals surface area contributed by atoms with Crippen LogP contribution in [0.2, 0.25) is 0 Å². The lowest BCUT2D eigenvalue weighted by Crippen LogP contribution is -2.51. The minimum absolute atomic E-state index is 0.178. The monoisotopic (exact) mass is 343 g/mol. The first kappa shape index (κ1) is 17.5. The second kappa shape index (κ2) is 7.70. The van der Waals surface area contributed by atoms with Gasteiger partial charge in [0, 0.05) is 25.7 Å². The van der Waals surface area contributed by atoms with E-state index in [4.69, 9.17) is 9.26 Å². The maximum absolute atomic E-state index is 12.4. The minimum atomic E-state index is 0.178. The summed E-state index contributed by atoms with van der Waals surface area (Å²) in [4.78, 5) is 14.3. The Labute approximate surface area is 148 Å². The van der Waals surface area contributed by atoms with E-state index in [0.29, 0.717) is 19.1 Å². The minimum Gasteiger partial charge on any atom is -0.489 e. The van der Waals surface area contributed by atoms with Gasteiger partial charge in [0.15, 0.2) is 0 Å². The molecule has 1 aromatic heterocycles. The van der Waals surface area contributed by atoms with E-state index >= 15 is 0 Å². The lowest BCUT2D eigenvalue weighted by molar-refractivity contribution is -0.131. The van der Waals surface area contributed by atoms with Gasteiger partial charge >= 0.3 is 0 Å². The van der Waals surface area contributed by atoms with Crippen LogP contribution in [-0.4, -0.2) is 41.6 Å². The predicted molar refractivity (Wildman–Crippen MR) is 94.5 cm³/mol. The van der Waals surface area contributed by atoms with E-state index in [9.17, 15) is 4.79 Å². The maximum Gasteiger partial charge on any atom is 0.227 e. The van der Waals surface area contributed by atoms with E-state index in [0.717, 1.165) is 48.0 Å². The number of aromatic nitrogens is 1. The number of benzene rings is 1. The van der Waals surface area contributed by atoms with E-state index in [1.807, 2.05) is 43.0 Å². The molecule has 6 heteroatoms. The van der Waals surface area contributed by atoms with E-state index < -0.39 is 0 Å². The lowest BCUT2D eigenvalue weighted by Gasteiger charge is -2.32. The summed E-state index contributed by atoms with van der Waals surface area (Å²) in [5.41, 5.74) is 2.83. The molecule has 0 bridgehead atoms. The second-order valence-corrected chi connectivity index (χ2v) is 6.61. The van der Waals surface area contributed by atoms with E-state index in [1.165, 1.54) is 0 Å². The molecule has 1 saturated heterocycles. The molecule has 6 nitrogen and oxygen atoms in total. The van der Waals surface area contributed by atoms with Gasteiger partial charge in [-0.25, -0.2) is 0 Å². The van der Waals surface area contributed by atoms with Gasteiger partial charge in [0.25, 0.3) is 0 Å². The topological polar surface area (TPSA) is 67.6 Å². The Morgan fingerprint density at radius 2 is 2.12 bits per heavy atom. The molecule has 2 aromatic rings. The third kappa shape index (κ3) is 4.39. The highest BCUT2D eigenvalue weighted by Crippen LogP contribution is 2.18. The summed E-state index contributed by atoms with van der Waals surface area (Å²) < 4.78 is 10.9. The molecule has 0 spiro atoms. The van der Waals surface area contributed by atoms with Crippen LogP contribution >= 0.6 is 0 Å². The van der Waals surface area contributed by atoms with Crippen LogP contribution in [0.5, 0.6) is 5.75 Å². The standard InChI is InChI=1S/C19H25N3O3/c1-13-11-22(9-8-20-13)19(23)10-16-4-6-17(7-5-16)24-12-18-14(2)21-25-15(18)3/h4-7,13,20H,8-12H2,1-3H3. The highest BCUT2D eigenvalue weighted by molar-refractivity contribution is 5.79. The Bertz CT molecular complexity index is 705. The van der Waals surface area contributed by atoms with E-state index in [2.05, 4.69) is 17.4 Å². The van der Waals surface area contributed by atoms with Crippen molar-refractivity contribution in [1.29, 1.82) is 0 Å². The zero-order valence-corrected chi connectivity index (χ0v) is 15.0. The molecule has 0 aliphatic carbocycles. The van der Waals surface area contributed by atoms with Gasteiger partial charge in [-0.1, -0.05) is 17.3 Å². The van der Waals surface area contributed by atoms with E-state index in [-0.39, 0.29) is 5.91 Å². The van der Waals surface area contributed by atoms with Crippen LogP contribution in [0.4, 0.5) is 0 Å². The van der Waals surface area contributed by atoms with Crippen molar-refractivity contribution in [1.82, 2.24) is 15.4 Å². The zero-order chi connectivity index (χ0) is 17.8. The molecule has 25 heavy (non-hydrogen) atoms. The van der Waals surface area contributed by atoms with Gasteiger partial charge < -0.3 is 19.5 Å². The molecule has 1 aliphatic heterocycles.